The van der Waals surface area contributed by atoms with Gasteiger partial charge in [-0.3, -0.25) is 4.79 Å². The van der Waals surface area contributed by atoms with Crippen LogP contribution in [0.5, 0.6) is 0 Å². The summed E-state index contributed by atoms with van der Waals surface area (Å²) < 4.78 is 20.6. The summed E-state index contributed by atoms with van der Waals surface area (Å²) in [6, 6.07) is 7.84. The van der Waals surface area contributed by atoms with E-state index in [4.69, 9.17) is 0 Å². The van der Waals surface area contributed by atoms with Gasteiger partial charge in [0.2, 0.25) is 0 Å². The van der Waals surface area contributed by atoms with Gasteiger partial charge < -0.3 is 9.12 Å². The van der Waals surface area contributed by atoms with Crippen LogP contribution >= 0.6 is 0 Å². The van der Waals surface area contributed by atoms with Crippen LogP contribution in [0, 0.1) is 11.8 Å². The summed E-state index contributed by atoms with van der Waals surface area (Å²) in [5.41, 5.74) is 1.78. The largest absolute Gasteiger partial charge is 0.591 e. The summed E-state index contributed by atoms with van der Waals surface area (Å²) in [5.74, 6) is 1.50. The predicted molar refractivity (Wildman–Crippen MR) is 123 cm³/mol. The fraction of sp³-hybridized carbons (Fsp3) is 0.478. The number of hydrogen-bond acceptors (Lipinski definition) is 5. The molecule has 162 valence electrons. The molecule has 7 nitrogen and oxygen atoms in total. The van der Waals surface area contributed by atoms with Crippen molar-refractivity contribution in [3.8, 4) is 0 Å². The molecule has 0 spiro atoms. The Balaban J connectivity index is 1.65. The quantitative estimate of drug-likeness (QED) is 0.462. The number of benzene rings is 1. The molecule has 0 radical (unpaired) electrons. The van der Waals surface area contributed by atoms with E-state index in [1.807, 2.05) is 55.9 Å². The van der Waals surface area contributed by atoms with E-state index in [1.165, 1.54) is 12.8 Å². The SMILES string of the molecule is Cn1ccc2c(C(=N[S+]([O-])C(C)(C)C)c3cn(C4CC5CC4C5)nn3)cccc2c1=O. The van der Waals surface area contributed by atoms with Crippen LogP contribution in [0.1, 0.15) is 57.3 Å². The van der Waals surface area contributed by atoms with Crippen molar-refractivity contribution >= 4 is 27.8 Å². The van der Waals surface area contributed by atoms with Gasteiger partial charge in [-0.1, -0.05) is 21.7 Å². The molecule has 1 aromatic carbocycles. The van der Waals surface area contributed by atoms with Gasteiger partial charge in [0, 0.05) is 24.2 Å². The molecular formula is C23H27N5O2S. The number of aromatic nitrogens is 4. The van der Waals surface area contributed by atoms with E-state index in [9.17, 15) is 9.35 Å². The summed E-state index contributed by atoms with van der Waals surface area (Å²) in [5, 5.41) is 10.2. The molecule has 3 aliphatic rings. The summed E-state index contributed by atoms with van der Waals surface area (Å²) in [7, 11) is 1.73. The number of hydrogen-bond donors (Lipinski definition) is 0. The van der Waals surface area contributed by atoms with E-state index in [1.54, 1.807) is 17.8 Å². The highest BCUT2D eigenvalue weighted by Crippen LogP contribution is 2.54. The van der Waals surface area contributed by atoms with Crippen LogP contribution in [0.3, 0.4) is 0 Å². The topological polar surface area (TPSA) is 88.1 Å². The highest BCUT2D eigenvalue weighted by molar-refractivity contribution is 7.91. The second kappa shape index (κ2) is 7.31. The van der Waals surface area contributed by atoms with Gasteiger partial charge in [0.15, 0.2) is 5.71 Å². The second-order valence-electron chi connectivity index (χ2n) is 9.78. The Kier molecular flexibility index (Phi) is 4.82. The van der Waals surface area contributed by atoms with Crippen molar-refractivity contribution in [2.24, 2.45) is 23.3 Å². The highest BCUT2D eigenvalue weighted by atomic mass is 32.2. The lowest BCUT2D eigenvalue weighted by Gasteiger charge is -2.24. The molecule has 8 heteroatoms. The van der Waals surface area contributed by atoms with Gasteiger partial charge in [0.05, 0.1) is 12.2 Å². The third-order valence-electron chi connectivity index (χ3n) is 6.56. The first-order chi connectivity index (χ1) is 14.7. The Morgan fingerprint density at radius 3 is 2.65 bits per heavy atom. The molecule has 2 heterocycles. The Labute approximate surface area is 184 Å². The van der Waals surface area contributed by atoms with Gasteiger partial charge in [-0.15, -0.1) is 5.10 Å². The van der Waals surface area contributed by atoms with Crippen LogP contribution in [0.4, 0.5) is 0 Å². The molecule has 3 aliphatic carbocycles. The molecule has 3 fully saturated rings. The Hall–Kier alpha value is -2.45. The lowest BCUT2D eigenvalue weighted by atomic mass is 9.84. The van der Waals surface area contributed by atoms with Gasteiger partial charge >= 0.3 is 0 Å². The minimum Gasteiger partial charge on any atom is -0.591 e. The normalized spacial score (nSPS) is 24.4. The van der Waals surface area contributed by atoms with Crippen molar-refractivity contribution in [3.63, 3.8) is 0 Å². The lowest BCUT2D eigenvalue weighted by Crippen LogP contribution is -2.27. The third kappa shape index (κ3) is 3.51. The average Bonchev–Trinajstić information content (AvgIpc) is 3.42. The van der Waals surface area contributed by atoms with Crippen molar-refractivity contribution in [3.05, 3.63) is 58.3 Å². The maximum Gasteiger partial charge on any atom is 0.258 e. The molecule has 0 saturated heterocycles. The second-order valence-corrected chi connectivity index (χ2v) is 11.7. The van der Waals surface area contributed by atoms with Crippen LogP contribution in [0.25, 0.3) is 10.8 Å². The highest BCUT2D eigenvalue weighted by Gasteiger charge is 2.45. The molecule has 2 bridgehead atoms. The van der Waals surface area contributed by atoms with E-state index in [0.717, 1.165) is 23.3 Å². The molecule has 2 unspecified atom stereocenters. The molecule has 2 aromatic heterocycles. The number of rotatable bonds is 4. The summed E-state index contributed by atoms with van der Waals surface area (Å²) >= 11 is -1.48. The fourth-order valence-electron chi connectivity index (χ4n) is 4.73. The van der Waals surface area contributed by atoms with E-state index < -0.39 is 16.1 Å². The molecule has 0 N–H and O–H groups in total. The molecule has 3 saturated carbocycles. The number of fused-ring (bicyclic) bond motifs is 2. The Morgan fingerprint density at radius 2 is 1.97 bits per heavy atom. The third-order valence-corrected chi connectivity index (χ3v) is 7.95. The Morgan fingerprint density at radius 1 is 1.19 bits per heavy atom. The van der Waals surface area contributed by atoms with E-state index in [0.29, 0.717) is 28.8 Å². The minimum absolute atomic E-state index is 0.0787. The van der Waals surface area contributed by atoms with Gasteiger partial charge in [-0.05, 0) is 69.4 Å². The molecule has 0 aliphatic heterocycles. The van der Waals surface area contributed by atoms with Crippen LogP contribution < -0.4 is 5.56 Å². The summed E-state index contributed by atoms with van der Waals surface area (Å²) in [6.45, 7) is 5.68. The molecule has 31 heavy (non-hydrogen) atoms. The van der Waals surface area contributed by atoms with Gasteiger partial charge in [0.25, 0.3) is 5.56 Å². The van der Waals surface area contributed by atoms with Crippen LogP contribution in [0.15, 0.2) is 45.9 Å². The number of pyridine rings is 1. The van der Waals surface area contributed by atoms with Crippen molar-refractivity contribution in [1.82, 2.24) is 19.6 Å². The van der Waals surface area contributed by atoms with Crippen molar-refractivity contribution in [2.45, 2.75) is 50.8 Å². The first-order valence-corrected chi connectivity index (χ1v) is 11.8. The van der Waals surface area contributed by atoms with E-state index in [-0.39, 0.29) is 5.56 Å². The van der Waals surface area contributed by atoms with Gasteiger partial charge in [-0.25, -0.2) is 4.68 Å². The molecule has 6 rings (SSSR count). The monoisotopic (exact) mass is 437 g/mol. The van der Waals surface area contributed by atoms with Gasteiger partial charge in [-0.2, -0.15) is 0 Å². The summed E-state index contributed by atoms with van der Waals surface area (Å²) in [6.07, 6.45) is 7.39. The predicted octanol–water partition coefficient (Wildman–Crippen LogP) is 3.40. The fourth-order valence-corrected chi connectivity index (χ4v) is 5.37. The number of aryl methyl sites for hydroxylation is 1. The minimum atomic E-state index is -1.48. The zero-order valence-electron chi connectivity index (χ0n) is 18.3. The van der Waals surface area contributed by atoms with Crippen LogP contribution in [-0.2, 0) is 18.4 Å². The van der Waals surface area contributed by atoms with E-state index in [2.05, 4.69) is 14.7 Å². The van der Waals surface area contributed by atoms with Crippen molar-refractivity contribution in [2.75, 3.05) is 0 Å². The zero-order chi connectivity index (χ0) is 21.9. The smallest absolute Gasteiger partial charge is 0.258 e. The molecular weight excluding hydrogens is 410 g/mol. The maximum absolute atomic E-state index is 13.0. The first-order valence-electron chi connectivity index (χ1n) is 10.7. The zero-order valence-corrected chi connectivity index (χ0v) is 19.1. The van der Waals surface area contributed by atoms with Crippen molar-refractivity contribution < 1.29 is 4.55 Å². The van der Waals surface area contributed by atoms with Crippen LogP contribution in [0.2, 0.25) is 0 Å². The first kappa shape index (κ1) is 20.5. The standard InChI is InChI=1S/C23H27N5O2S/c1-23(2,3)31(30)25-21(17-6-5-7-18-16(17)8-9-27(4)22(18)29)19-13-28(26-24-19)20-12-14-10-15(20)11-14/h5-9,13-15,20H,10-12H2,1-4H3. The van der Waals surface area contributed by atoms with Gasteiger partial charge in [0.1, 0.15) is 21.8 Å². The number of nitrogens with zero attached hydrogens (tertiary/aromatic N) is 5. The summed E-state index contributed by atoms with van der Waals surface area (Å²) in [4.78, 5) is 12.7. The molecule has 0 amide bonds. The van der Waals surface area contributed by atoms with E-state index >= 15 is 0 Å². The van der Waals surface area contributed by atoms with Crippen LogP contribution in [-0.4, -0.2) is 34.6 Å². The Bertz CT molecular complexity index is 1230. The maximum atomic E-state index is 13.0. The van der Waals surface area contributed by atoms with Crippen molar-refractivity contribution in [1.29, 1.82) is 0 Å². The molecule has 3 aromatic rings. The molecule has 2 atom stereocenters. The lowest BCUT2D eigenvalue weighted by molar-refractivity contribution is 0.266. The average molecular weight is 438 g/mol.